The van der Waals surface area contributed by atoms with Crippen molar-refractivity contribution in [2.45, 2.75) is 19.3 Å². The number of hydrogen-bond acceptors (Lipinski definition) is 5. The third-order valence-electron chi connectivity index (χ3n) is 5.17. The van der Waals surface area contributed by atoms with Crippen molar-refractivity contribution in [3.8, 4) is 0 Å². The minimum atomic E-state index is -0.558. The molecule has 0 saturated carbocycles. The van der Waals surface area contributed by atoms with E-state index in [1.807, 2.05) is 12.2 Å². The van der Waals surface area contributed by atoms with Gasteiger partial charge in [0.2, 0.25) is 0 Å². The van der Waals surface area contributed by atoms with E-state index in [0.717, 1.165) is 6.42 Å². The molecule has 0 aromatic heterocycles. The summed E-state index contributed by atoms with van der Waals surface area (Å²) >= 11 is 0. The maximum Gasteiger partial charge on any atom is 0.309 e. The maximum atomic E-state index is 12.9. The molecule has 0 spiro atoms. The summed E-state index contributed by atoms with van der Waals surface area (Å²) in [5.41, 5.74) is 1.30. The van der Waals surface area contributed by atoms with E-state index in [-0.39, 0.29) is 34.3 Å². The Balaban J connectivity index is 1.50. The Morgan fingerprint density at radius 3 is 2.38 bits per heavy atom. The van der Waals surface area contributed by atoms with Crippen molar-refractivity contribution in [1.29, 1.82) is 0 Å². The molecule has 0 saturated heterocycles. The lowest BCUT2D eigenvalue weighted by Gasteiger charge is -2.20. The Morgan fingerprint density at radius 1 is 0.931 bits per heavy atom. The summed E-state index contributed by atoms with van der Waals surface area (Å²) in [7, 11) is 0. The first-order valence-corrected chi connectivity index (χ1v) is 9.49. The second kappa shape index (κ2) is 7.83. The molecule has 29 heavy (non-hydrogen) atoms. The Bertz CT molecular complexity index is 1050. The molecule has 6 nitrogen and oxygen atoms in total. The molecule has 1 N–H and O–H groups in total. The summed E-state index contributed by atoms with van der Waals surface area (Å²) < 4.78 is 5.13. The van der Waals surface area contributed by atoms with Crippen molar-refractivity contribution in [2.24, 2.45) is 5.92 Å². The summed E-state index contributed by atoms with van der Waals surface area (Å²) in [5.74, 6) is -1.77. The van der Waals surface area contributed by atoms with Crippen molar-refractivity contribution in [3.05, 3.63) is 76.9 Å². The van der Waals surface area contributed by atoms with Gasteiger partial charge in [0.15, 0.2) is 18.2 Å². The second-order valence-corrected chi connectivity index (χ2v) is 7.07. The van der Waals surface area contributed by atoms with Crippen LogP contribution in [0.1, 0.15) is 51.1 Å². The average molecular weight is 389 g/mol. The van der Waals surface area contributed by atoms with Gasteiger partial charge in [0.1, 0.15) is 0 Å². The molecular formula is C23H19NO5. The molecular weight excluding hydrogens is 370 g/mol. The zero-order chi connectivity index (χ0) is 20.4. The van der Waals surface area contributed by atoms with Crippen LogP contribution in [0.5, 0.6) is 0 Å². The van der Waals surface area contributed by atoms with Crippen LogP contribution in [0.3, 0.4) is 0 Å². The van der Waals surface area contributed by atoms with Gasteiger partial charge in [-0.05, 0) is 25.3 Å². The molecule has 0 heterocycles. The molecule has 1 amide bonds. The summed E-state index contributed by atoms with van der Waals surface area (Å²) in [6.45, 7) is -0.443. The lowest BCUT2D eigenvalue weighted by Crippen LogP contribution is -2.27. The smallest absolute Gasteiger partial charge is 0.309 e. The van der Waals surface area contributed by atoms with Crippen LogP contribution in [0.15, 0.2) is 54.6 Å². The van der Waals surface area contributed by atoms with Crippen LogP contribution in [0, 0.1) is 5.92 Å². The van der Waals surface area contributed by atoms with Gasteiger partial charge >= 0.3 is 5.97 Å². The van der Waals surface area contributed by atoms with Crippen LogP contribution < -0.4 is 5.32 Å². The highest BCUT2D eigenvalue weighted by molar-refractivity contribution is 6.30. The van der Waals surface area contributed by atoms with Gasteiger partial charge < -0.3 is 10.1 Å². The first kappa shape index (κ1) is 18.8. The Labute approximate surface area is 167 Å². The Morgan fingerprint density at radius 2 is 1.66 bits per heavy atom. The van der Waals surface area contributed by atoms with Gasteiger partial charge in [-0.1, -0.05) is 48.6 Å². The fourth-order valence-corrected chi connectivity index (χ4v) is 3.70. The topological polar surface area (TPSA) is 89.5 Å². The molecule has 0 unspecified atom stereocenters. The zero-order valence-electron chi connectivity index (χ0n) is 15.6. The highest BCUT2D eigenvalue weighted by Gasteiger charge is 2.31. The number of hydrogen-bond donors (Lipinski definition) is 1. The van der Waals surface area contributed by atoms with Gasteiger partial charge in [-0.2, -0.15) is 0 Å². The van der Waals surface area contributed by atoms with Crippen LogP contribution in [-0.2, 0) is 14.3 Å². The first-order chi connectivity index (χ1) is 14.1. The predicted octanol–water partition coefficient (Wildman–Crippen LogP) is 3.30. The Hall–Kier alpha value is -3.54. The van der Waals surface area contributed by atoms with E-state index in [1.54, 1.807) is 42.5 Å². The van der Waals surface area contributed by atoms with Crippen LogP contribution >= 0.6 is 0 Å². The van der Waals surface area contributed by atoms with Gasteiger partial charge in [0, 0.05) is 16.7 Å². The van der Waals surface area contributed by atoms with Gasteiger partial charge in [0.25, 0.3) is 5.91 Å². The number of nitrogens with one attached hydrogen (secondary N) is 1. The van der Waals surface area contributed by atoms with Crippen LogP contribution in [0.2, 0.25) is 0 Å². The summed E-state index contributed by atoms with van der Waals surface area (Å²) in [6, 6.07) is 11.3. The molecule has 0 fully saturated rings. The molecule has 0 radical (unpaired) electrons. The number of benzene rings is 2. The first-order valence-electron chi connectivity index (χ1n) is 9.49. The average Bonchev–Trinajstić information content (AvgIpc) is 2.76. The Kier molecular flexibility index (Phi) is 5.08. The van der Waals surface area contributed by atoms with Crippen molar-refractivity contribution in [1.82, 2.24) is 0 Å². The molecule has 6 heteroatoms. The monoisotopic (exact) mass is 389 g/mol. The van der Waals surface area contributed by atoms with Crippen molar-refractivity contribution in [3.63, 3.8) is 0 Å². The standard InChI is InChI=1S/C23H19NO5/c25-19(13-29-23(28)14-7-2-1-3-8-14)24-18-12-6-11-17-20(18)22(27)16-10-5-4-9-15(16)21(17)26/h1-2,4-6,9-12,14H,3,7-8,13H2,(H,24,25)/t14-/m1/s1. The van der Waals surface area contributed by atoms with Crippen LogP contribution in [-0.4, -0.2) is 30.0 Å². The van der Waals surface area contributed by atoms with Crippen LogP contribution in [0.4, 0.5) is 5.69 Å². The predicted molar refractivity (Wildman–Crippen MR) is 106 cm³/mol. The summed E-state index contributed by atoms with van der Waals surface area (Å²) in [6.07, 6.45) is 6.10. The lowest BCUT2D eigenvalue weighted by atomic mass is 9.83. The van der Waals surface area contributed by atoms with E-state index in [1.165, 1.54) is 0 Å². The molecule has 2 aromatic rings. The van der Waals surface area contributed by atoms with E-state index < -0.39 is 18.5 Å². The number of allylic oxidation sites excluding steroid dienone is 2. The minimum absolute atomic E-state index is 0.160. The number of ketones is 2. The molecule has 146 valence electrons. The highest BCUT2D eigenvalue weighted by Crippen LogP contribution is 2.31. The molecule has 0 bridgehead atoms. The fourth-order valence-electron chi connectivity index (χ4n) is 3.70. The van der Waals surface area contributed by atoms with Crippen molar-refractivity contribution < 1.29 is 23.9 Å². The molecule has 4 rings (SSSR count). The molecule has 2 aromatic carbocycles. The summed E-state index contributed by atoms with van der Waals surface area (Å²) in [4.78, 5) is 50.1. The number of fused-ring (bicyclic) bond motifs is 2. The van der Waals surface area contributed by atoms with Gasteiger partial charge in [0.05, 0.1) is 17.2 Å². The SMILES string of the molecule is O=C(COC(=O)[C@@H]1CC=CCC1)Nc1cccc2c1C(=O)c1ccccc1C2=O. The number of anilines is 1. The third kappa shape index (κ3) is 3.61. The lowest BCUT2D eigenvalue weighted by molar-refractivity contribution is -0.151. The second-order valence-electron chi connectivity index (χ2n) is 7.07. The van der Waals surface area contributed by atoms with E-state index in [4.69, 9.17) is 4.74 Å². The number of carbonyl (C=O) groups excluding carboxylic acids is 4. The zero-order valence-corrected chi connectivity index (χ0v) is 15.6. The van der Waals surface area contributed by atoms with E-state index in [2.05, 4.69) is 5.32 Å². The quantitative estimate of drug-likeness (QED) is 0.546. The van der Waals surface area contributed by atoms with Gasteiger partial charge in [-0.25, -0.2) is 0 Å². The summed E-state index contributed by atoms with van der Waals surface area (Å²) in [5, 5.41) is 2.61. The molecule has 0 aliphatic heterocycles. The highest BCUT2D eigenvalue weighted by atomic mass is 16.5. The van der Waals surface area contributed by atoms with E-state index >= 15 is 0 Å². The number of rotatable bonds is 4. The fraction of sp³-hybridized carbons (Fsp3) is 0.217. The number of amides is 1. The van der Waals surface area contributed by atoms with Gasteiger partial charge in [-0.15, -0.1) is 0 Å². The third-order valence-corrected chi connectivity index (χ3v) is 5.17. The normalized spacial score (nSPS) is 17.3. The largest absolute Gasteiger partial charge is 0.455 e. The molecule has 2 aliphatic rings. The van der Waals surface area contributed by atoms with Crippen LogP contribution in [0.25, 0.3) is 0 Å². The molecule has 2 aliphatic carbocycles. The maximum absolute atomic E-state index is 12.9. The number of ether oxygens (including phenoxy) is 1. The number of esters is 1. The van der Waals surface area contributed by atoms with Gasteiger partial charge in [-0.3, -0.25) is 19.2 Å². The molecule has 1 atom stereocenters. The number of carbonyl (C=O) groups is 4. The van der Waals surface area contributed by atoms with Crippen molar-refractivity contribution >= 4 is 29.1 Å². The van der Waals surface area contributed by atoms with E-state index in [0.29, 0.717) is 24.0 Å². The van der Waals surface area contributed by atoms with Crippen molar-refractivity contribution in [2.75, 3.05) is 11.9 Å². The minimum Gasteiger partial charge on any atom is -0.455 e. The van der Waals surface area contributed by atoms with E-state index in [9.17, 15) is 19.2 Å².